The lowest BCUT2D eigenvalue weighted by atomic mass is 9.95. The van der Waals surface area contributed by atoms with Crippen molar-refractivity contribution >= 4 is 5.78 Å². The van der Waals surface area contributed by atoms with Crippen molar-refractivity contribution in [1.29, 1.82) is 0 Å². The summed E-state index contributed by atoms with van der Waals surface area (Å²) < 4.78 is 0. The largest absolute Gasteiger partial charge is 0.314 e. The van der Waals surface area contributed by atoms with E-state index in [0.717, 1.165) is 6.54 Å². The standard InChI is InChI=1S/C16H23NO/c1-11-8-12(2)16(13(3)9-11)10-15(18)6-7-17-14-4-5-14/h8-9,14,17H,4-7,10H2,1-3H3. The van der Waals surface area contributed by atoms with E-state index in [0.29, 0.717) is 24.7 Å². The van der Waals surface area contributed by atoms with Gasteiger partial charge >= 0.3 is 0 Å². The van der Waals surface area contributed by atoms with Crippen LogP contribution in [0.4, 0.5) is 0 Å². The van der Waals surface area contributed by atoms with Crippen LogP contribution >= 0.6 is 0 Å². The predicted molar refractivity (Wildman–Crippen MR) is 75.0 cm³/mol. The molecule has 0 bridgehead atoms. The van der Waals surface area contributed by atoms with Crippen LogP contribution in [0.25, 0.3) is 0 Å². The van der Waals surface area contributed by atoms with Crippen LogP contribution in [0.15, 0.2) is 12.1 Å². The molecule has 0 unspecified atom stereocenters. The van der Waals surface area contributed by atoms with Gasteiger partial charge in [-0.2, -0.15) is 0 Å². The van der Waals surface area contributed by atoms with E-state index in [4.69, 9.17) is 0 Å². The Balaban J connectivity index is 1.89. The molecule has 0 aliphatic heterocycles. The van der Waals surface area contributed by atoms with E-state index in [1.165, 1.54) is 35.1 Å². The van der Waals surface area contributed by atoms with Crippen LogP contribution in [0.3, 0.4) is 0 Å². The summed E-state index contributed by atoms with van der Waals surface area (Å²) >= 11 is 0. The van der Waals surface area contributed by atoms with Gasteiger partial charge in [0.25, 0.3) is 0 Å². The van der Waals surface area contributed by atoms with Crippen molar-refractivity contribution < 1.29 is 4.79 Å². The molecule has 1 fully saturated rings. The molecule has 0 radical (unpaired) electrons. The van der Waals surface area contributed by atoms with Gasteiger partial charge in [0.1, 0.15) is 5.78 Å². The molecule has 98 valence electrons. The Bertz CT molecular complexity index is 423. The first-order chi connectivity index (χ1) is 8.56. The van der Waals surface area contributed by atoms with E-state index in [-0.39, 0.29) is 0 Å². The van der Waals surface area contributed by atoms with E-state index in [1.54, 1.807) is 0 Å². The molecule has 2 nitrogen and oxygen atoms in total. The number of nitrogens with one attached hydrogen (secondary N) is 1. The molecule has 1 aliphatic rings. The number of ketones is 1. The molecular formula is C16H23NO. The number of Topliss-reactive ketones (excluding diaryl/α,β-unsaturated/α-hetero) is 1. The van der Waals surface area contributed by atoms with E-state index in [9.17, 15) is 4.79 Å². The van der Waals surface area contributed by atoms with Crippen molar-refractivity contribution in [3.63, 3.8) is 0 Å². The number of aryl methyl sites for hydroxylation is 3. The summed E-state index contributed by atoms with van der Waals surface area (Å²) in [5.41, 5.74) is 4.99. The van der Waals surface area contributed by atoms with E-state index in [1.807, 2.05) is 0 Å². The minimum Gasteiger partial charge on any atom is -0.314 e. The molecule has 0 atom stereocenters. The highest BCUT2D eigenvalue weighted by atomic mass is 16.1. The van der Waals surface area contributed by atoms with Crippen molar-refractivity contribution in [2.45, 2.75) is 52.5 Å². The van der Waals surface area contributed by atoms with Crippen LogP contribution in [0.1, 0.15) is 41.5 Å². The maximum Gasteiger partial charge on any atom is 0.138 e. The third-order valence-corrected chi connectivity index (χ3v) is 3.63. The van der Waals surface area contributed by atoms with Crippen LogP contribution in [0.2, 0.25) is 0 Å². The zero-order valence-electron chi connectivity index (χ0n) is 11.7. The van der Waals surface area contributed by atoms with E-state index < -0.39 is 0 Å². The molecule has 0 amide bonds. The highest BCUT2D eigenvalue weighted by Crippen LogP contribution is 2.19. The quantitative estimate of drug-likeness (QED) is 0.835. The molecular weight excluding hydrogens is 222 g/mol. The number of rotatable bonds is 6. The van der Waals surface area contributed by atoms with E-state index in [2.05, 4.69) is 38.2 Å². The molecule has 1 aromatic rings. The minimum absolute atomic E-state index is 0.346. The molecule has 0 saturated heterocycles. The average Bonchev–Trinajstić information content (AvgIpc) is 3.07. The summed E-state index contributed by atoms with van der Waals surface area (Å²) in [4.78, 5) is 12.0. The van der Waals surface area contributed by atoms with Crippen LogP contribution in [-0.2, 0) is 11.2 Å². The summed E-state index contributed by atoms with van der Waals surface area (Å²) in [5.74, 6) is 0.346. The van der Waals surface area contributed by atoms with Gasteiger partial charge in [-0.25, -0.2) is 0 Å². The summed E-state index contributed by atoms with van der Waals surface area (Å²) in [5, 5.41) is 3.39. The van der Waals surface area contributed by atoms with Gasteiger partial charge in [0, 0.05) is 25.4 Å². The topological polar surface area (TPSA) is 29.1 Å². The Labute approximate surface area is 110 Å². The molecule has 0 aromatic heterocycles. The maximum atomic E-state index is 12.0. The molecule has 1 saturated carbocycles. The third kappa shape index (κ3) is 3.67. The Morgan fingerprint density at radius 2 is 1.83 bits per heavy atom. The highest BCUT2D eigenvalue weighted by Gasteiger charge is 2.20. The van der Waals surface area contributed by atoms with E-state index >= 15 is 0 Å². The van der Waals surface area contributed by atoms with Crippen molar-refractivity contribution in [3.8, 4) is 0 Å². The Kier molecular flexibility index (Phi) is 4.18. The maximum absolute atomic E-state index is 12.0. The molecule has 2 rings (SSSR count). The molecule has 1 aromatic carbocycles. The first-order valence-corrected chi connectivity index (χ1v) is 6.88. The SMILES string of the molecule is Cc1cc(C)c(CC(=O)CCNC2CC2)c(C)c1. The fraction of sp³-hybridized carbons (Fsp3) is 0.562. The van der Waals surface area contributed by atoms with Crippen molar-refractivity contribution in [2.75, 3.05) is 6.54 Å². The van der Waals surface area contributed by atoms with Crippen LogP contribution in [-0.4, -0.2) is 18.4 Å². The number of hydrogen-bond donors (Lipinski definition) is 1. The predicted octanol–water partition coefficient (Wildman–Crippen LogP) is 2.87. The molecule has 1 N–H and O–H groups in total. The zero-order valence-corrected chi connectivity index (χ0v) is 11.7. The molecule has 0 spiro atoms. The summed E-state index contributed by atoms with van der Waals surface area (Å²) in [6, 6.07) is 5.02. The minimum atomic E-state index is 0.346. The lowest BCUT2D eigenvalue weighted by Gasteiger charge is -2.11. The zero-order chi connectivity index (χ0) is 13.1. The Morgan fingerprint density at radius 1 is 1.22 bits per heavy atom. The van der Waals surface area contributed by atoms with Gasteiger partial charge in [0.05, 0.1) is 0 Å². The van der Waals surface area contributed by atoms with Gasteiger partial charge in [-0.15, -0.1) is 0 Å². The second kappa shape index (κ2) is 5.66. The fourth-order valence-corrected chi connectivity index (χ4v) is 2.48. The van der Waals surface area contributed by atoms with Crippen LogP contribution < -0.4 is 5.32 Å². The number of benzene rings is 1. The average molecular weight is 245 g/mol. The number of hydrogen-bond acceptors (Lipinski definition) is 2. The monoisotopic (exact) mass is 245 g/mol. The van der Waals surface area contributed by atoms with Gasteiger partial charge in [-0.1, -0.05) is 17.7 Å². The fourth-order valence-electron chi connectivity index (χ4n) is 2.48. The summed E-state index contributed by atoms with van der Waals surface area (Å²) in [7, 11) is 0. The second-order valence-electron chi connectivity index (χ2n) is 5.57. The Hall–Kier alpha value is -1.15. The van der Waals surface area contributed by atoms with Crippen molar-refractivity contribution in [1.82, 2.24) is 5.32 Å². The van der Waals surface area contributed by atoms with Gasteiger partial charge in [-0.3, -0.25) is 4.79 Å². The smallest absolute Gasteiger partial charge is 0.138 e. The van der Waals surface area contributed by atoms with Gasteiger partial charge in [-0.05, 0) is 50.3 Å². The van der Waals surface area contributed by atoms with Gasteiger partial charge in [0.2, 0.25) is 0 Å². The lowest BCUT2D eigenvalue weighted by molar-refractivity contribution is -0.118. The first kappa shape index (κ1) is 13.3. The number of carbonyl (C=O) groups is 1. The van der Waals surface area contributed by atoms with Crippen molar-refractivity contribution in [2.24, 2.45) is 0 Å². The lowest BCUT2D eigenvalue weighted by Crippen LogP contribution is -2.21. The Morgan fingerprint density at radius 3 is 2.39 bits per heavy atom. The molecule has 1 aliphatic carbocycles. The summed E-state index contributed by atoms with van der Waals surface area (Å²) in [6.07, 6.45) is 3.81. The third-order valence-electron chi connectivity index (χ3n) is 3.63. The van der Waals surface area contributed by atoms with Crippen LogP contribution in [0, 0.1) is 20.8 Å². The summed E-state index contributed by atoms with van der Waals surface area (Å²) in [6.45, 7) is 7.15. The molecule has 0 heterocycles. The second-order valence-corrected chi connectivity index (χ2v) is 5.57. The van der Waals surface area contributed by atoms with Gasteiger partial charge in [0.15, 0.2) is 0 Å². The highest BCUT2D eigenvalue weighted by molar-refractivity contribution is 5.81. The first-order valence-electron chi connectivity index (χ1n) is 6.88. The normalized spacial score (nSPS) is 14.8. The van der Waals surface area contributed by atoms with Crippen molar-refractivity contribution in [3.05, 3.63) is 34.4 Å². The van der Waals surface area contributed by atoms with Crippen LogP contribution in [0.5, 0.6) is 0 Å². The van der Waals surface area contributed by atoms with Gasteiger partial charge < -0.3 is 5.32 Å². The molecule has 2 heteroatoms. The number of carbonyl (C=O) groups excluding carboxylic acids is 1. The molecule has 18 heavy (non-hydrogen) atoms.